The summed E-state index contributed by atoms with van der Waals surface area (Å²) in [6.07, 6.45) is 2.12. The fourth-order valence-electron chi connectivity index (χ4n) is 4.40. The molecule has 10 nitrogen and oxygen atoms in total. The summed E-state index contributed by atoms with van der Waals surface area (Å²) in [4.78, 5) is 30.0. The highest BCUT2D eigenvalue weighted by Crippen LogP contribution is 2.38. The maximum absolute atomic E-state index is 12.4. The number of thiazole rings is 1. The molecule has 0 aromatic carbocycles. The van der Waals surface area contributed by atoms with Crippen LogP contribution in [0.3, 0.4) is 0 Å². The Labute approximate surface area is 193 Å². The summed E-state index contributed by atoms with van der Waals surface area (Å²) >= 11 is 1.56. The van der Waals surface area contributed by atoms with Gasteiger partial charge in [0, 0.05) is 38.8 Å². The van der Waals surface area contributed by atoms with Crippen LogP contribution < -0.4 is 4.90 Å². The lowest BCUT2D eigenvalue weighted by Crippen LogP contribution is -2.51. The monoisotopic (exact) mass is 466 g/mol. The number of amides is 1. The number of nitrogens with zero attached hydrogens (tertiary/aromatic N) is 5. The van der Waals surface area contributed by atoms with Crippen molar-refractivity contribution in [3.63, 3.8) is 0 Å². The summed E-state index contributed by atoms with van der Waals surface area (Å²) in [6.45, 7) is 4.58. The number of carbonyl (C=O) groups is 1. The maximum atomic E-state index is 12.4. The molecule has 0 saturated carbocycles. The van der Waals surface area contributed by atoms with Gasteiger partial charge in [-0.3, -0.25) is 0 Å². The molecule has 0 aliphatic carbocycles. The highest BCUT2D eigenvalue weighted by atomic mass is 32.1. The van der Waals surface area contributed by atoms with Crippen LogP contribution in [-0.4, -0.2) is 78.0 Å². The molecule has 1 N–H and O–H groups in total. The van der Waals surface area contributed by atoms with Crippen LogP contribution in [0.25, 0.3) is 21.7 Å². The number of rotatable bonds is 3. The SMILES string of the molecule is N#Cc1c(-c2nc3c(s2)COCC3)[nH]c2nccc(N3CCN(C(=O)OC4COC4)CC3)c12. The van der Waals surface area contributed by atoms with Crippen molar-refractivity contribution in [2.45, 2.75) is 19.1 Å². The molecule has 11 heteroatoms. The van der Waals surface area contributed by atoms with Gasteiger partial charge in [0.1, 0.15) is 16.7 Å². The first kappa shape index (κ1) is 20.4. The van der Waals surface area contributed by atoms with Gasteiger partial charge < -0.3 is 29.0 Å². The molecule has 0 spiro atoms. The molecule has 0 radical (unpaired) electrons. The predicted octanol–water partition coefficient (Wildman–Crippen LogP) is 2.29. The minimum absolute atomic E-state index is 0.130. The number of fused-ring (bicyclic) bond motifs is 2. The molecule has 3 aliphatic rings. The molecular weight excluding hydrogens is 444 g/mol. The normalized spacial score (nSPS) is 18.6. The quantitative estimate of drug-likeness (QED) is 0.625. The van der Waals surface area contributed by atoms with Crippen molar-refractivity contribution >= 4 is 34.2 Å². The predicted molar refractivity (Wildman–Crippen MR) is 120 cm³/mol. The van der Waals surface area contributed by atoms with Gasteiger partial charge >= 0.3 is 6.09 Å². The second kappa shape index (κ2) is 8.30. The lowest BCUT2D eigenvalue weighted by atomic mass is 10.1. The van der Waals surface area contributed by atoms with E-state index in [2.05, 4.69) is 20.9 Å². The number of H-pyrrole nitrogens is 1. The van der Waals surface area contributed by atoms with E-state index >= 15 is 0 Å². The number of nitrogens with one attached hydrogen (secondary N) is 1. The van der Waals surface area contributed by atoms with E-state index in [1.165, 1.54) is 0 Å². The van der Waals surface area contributed by atoms with Gasteiger partial charge in [-0.15, -0.1) is 11.3 Å². The van der Waals surface area contributed by atoms with E-state index in [9.17, 15) is 10.1 Å². The van der Waals surface area contributed by atoms with E-state index < -0.39 is 0 Å². The molecule has 6 heterocycles. The third kappa shape index (κ3) is 3.60. The largest absolute Gasteiger partial charge is 0.441 e. The van der Waals surface area contributed by atoms with E-state index in [0.717, 1.165) is 33.1 Å². The molecule has 33 heavy (non-hydrogen) atoms. The van der Waals surface area contributed by atoms with Crippen molar-refractivity contribution in [1.29, 1.82) is 5.26 Å². The zero-order chi connectivity index (χ0) is 22.4. The van der Waals surface area contributed by atoms with Gasteiger partial charge in [0.2, 0.25) is 0 Å². The number of hydrogen-bond acceptors (Lipinski definition) is 9. The van der Waals surface area contributed by atoms with E-state index in [0.29, 0.717) is 69.5 Å². The minimum Gasteiger partial charge on any atom is -0.441 e. The van der Waals surface area contributed by atoms with Crippen molar-refractivity contribution < 1.29 is 19.0 Å². The van der Waals surface area contributed by atoms with Crippen molar-refractivity contribution in [2.75, 3.05) is 50.9 Å². The zero-order valence-corrected chi connectivity index (χ0v) is 18.7. The Bertz CT molecular complexity index is 1230. The third-order valence-electron chi connectivity index (χ3n) is 6.25. The van der Waals surface area contributed by atoms with Crippen LogP contribution in [0.2, 0.25) is 0 Å². The second-order valence-electron chi connectivity index (χ2n) is 8.25. The van der Waals surface area contributed by atoms with E-state index in [-0.39, 0.29) is 12.2 Å². The van der Waals surface area contributed by atoms with E-state index in [1.807, 2.05) is 6.07 Å². The van der Waals surface area contributed by atoms with Gasteiger partial charge in [0.05, 0.1) is 59.3 Å². The molecule has 3 aliphatic heterocycles. The van der Waals surface area contributed by atoms with Gasteiger partial charge in [-0.2, -0.15) is 5.26 Å². The maximum Gasteiger partial charge on any atom is 0.410 e. The first-order valence-corrected chi connectivity index (χ1v) is 11.8. The van der Waals surface area contributed by atoms with Crippen molar-refractivity contribution in [3.05, 3.63) is 28.4 Å². The standard InChI is InChI=1S/C22H22N6O4S/c23-9-14-18-16(27-4-6-28(7-5-27)22(29)32-13-10-31-11-13)1-3-24-20(18)26-19(14)21-25-15-2-8-30-12-17(15)33-21/h1,3,13H,2,4-8,10-12H2,(H,24,26). The third-order valence-corrected chi connectivity index (χ3v) is 7.33. The Hall–Kier alpha value is -3.20. The number of pyridine rings is 1. The Morgan fingerprint density at radius 2 is 2.12 bits per heavy atom. The van der Waals surface area contributed by atoms with Gasteiger partial charge in [-0.05, 0) is 6.07 Å². The van der Waals surface area contributed by atoms with E-state index in [1.54, 1.807) is 22.4 Å². The molecule has 3 aromatic rings. The summed E-state index contributed by atoms with van der Waals surface area (Å²) < 4.78 is 16.0. The lowest BCUT2D eigenvalue weighted by Gasteiger charge is -2.37. The fourth-order valence-corrected chi connectivity index (χ4v) is 5.45. The number of ether oxygens (including phenoxy) is 3. The highest BCUT2D eigenvalue weighted by Gasteiger charge is 2.30. The molecule has 3 aromatic heterocycles. The first-order chi connectivity index (χ1) is 16.2. The van der Waals surface area contributed by atoms with Crippen LogP contribution in [0.5, 0.6) is 0 Å². The lowest BCUT2D eigenvalue weighted by molar-refractivity contribution is -0.104. The molecule has 0 atom stereocenters. The van der Waals surface area contributed by atoms with Crippen LogP contribution in [0.15, 0.2) is 12.3 Å². The molecule has 0 bridgehead atoms. The van der Waals surface area contributed by atoms with Crippen LogP contribution >= 0.6 is 11.3 Å². The summed E-state index contributed by atoms with van der Waals surface area (Å²) in [6, 6.07) is 4.31. The molecular formula is C22H22N6O4S. The van der Waals surface area contributed by atoms with Crippen molar-refractivity contribution in [1.82, 2.24) is 19.9 Å². The van der Waals surface area contributed by atoms with E-state index in [4.69, 9.17) is 19.2 Å². The Morgan fingerprint density at radius 1 is 1.27 bits per heavy atom. The molecule has 2 saturated heterocycles. The summed E-state index contributed by atoms with van der Waals surface area (Å²) in [7, 11) is 0. The number of piperazine rings is 1. The summed E-state index contributed by atoms with van der Waals surface area (Å²) in [5.74, 6) is 0. The Balaban J connectivity index is 1.28. The molecule has 1 amide bonds. The first-order valence-electron chi connectivity index (χ1n) is 11.0. The second-order valence-corrected chi connectivity index (χ2v) is 9.33. The highest BCUT2D eigenvalue weighted by molar-refractivity contribution is 7.15. The number of aromatic nitrogens is 3. The number of anilines is 1. The van der Waals surface area contributed by atoms with Crippen LogP contribution in [0.1, 0.15) is 16.1 Å². The zero-order valence-electron chi connectivity index (χ0n) is 17.9. The Morgan fingerprint density at radius 3 is 2.85 bits per heavy atom. The molecule has 0 unspecified atom stereocenters. The number of hydrogen-bond donors (Lipinski definition) is 1. The summed E-state index contributed by atoms with van der Waals surface area (Å²) in [5.41, 5.74) is 3.90. The topological polar surface area (TPSA) is 117 Å². The van der Waals surface area contributed by atoms with Crippen molar-refractivity contribution in [3.8, 4) is 16.8 Å². The smallest absolute Gasteiger partial charge is 0.410 e. The van der Waals surface area contributed by atoms with Gasteiger partial charge in [0.15, 0.2) is 6.10 Å². The minimum atomic E-state index is -0.291. The van der Waals surface area contributed by atoms with Crippen molar-refractivity contribution in [2.24, 2.45) is 0 Å². The number of nitriles is 1. The average Bonchev–Trinajstić information content (AvgIpc) is 3.42. The molecule has 170 valence electrons. The number of carbonyl (C=O) groups excluding carboxylic acids is 1. The molecule has 6 rings (SSSR count). The van der Waals surface area contributed by atoms with Crippen LogP contribution in [-0.2, 0) is 27.2 Å². The Kier molecular flexibility index (Phi) is 5.13. The average molecular weight is 467 g/mol. The van der Waals surface area contributed by atoms with Gasteiger partial charge in [0.25, 0.3) is 0 Å². The fraction of sp³-hybridized carbons (Fsp3) is 0.455. The van der Waals surface area contributed by atoms with Gasteiger partial charge in [-0.25, -0.2) is 14.8 Å². The number of aromatic amines is 1. The van der Waals surface area contributed by atoms with Crippen LogP contribution in [0.4, 0.5) is 10.5 Å². The van der Waals surface area contributed by atoms with Crippen LogP contribution in [0, 0.1) is 11.3 Å². The summed E-state index contributed by atoms with van der Waals surface area (Å²) in [5, 5.41) is 11.7. The molecule has 2 fully saturated rings. The van der Waals surface area contributed by atoms with Gasteiger partial charge in [-0.1, -0.05) is 0 Å².